The number of hydrogen-bond acceptors (Lipinski definition) is 2. The van der Waals surface area contributed by atoms with Gasteiger partial charge in [-0.15, -0.1) is 0 Å². The molecule has 0 bridgehead atoms. The molecule has 0 aliphatic carbocycles. The maximum absolute atomic E-state index is 13.0. The van der Waals surface area contributed by atoms with Crippen LogP contribution >= 0.6 is 0 Å². The second-order valence-corrected chi connectivity index (χ2v) is 3.39. The van der Waals surface area contributed by atoms with Crippen molar-refractivity contribution >= 4 is 17.7 Å². The predicted molar refractivity (Wildman–Crippen MR) is 53.7 cm³/mol. The van der Waals surface area contributed by atoms with Gasteiger partial charge in [0.1, 0.15) is 5.82 Å². The van der Waals surface area contributed by atoms with Crippen LogP contribution in [0.2, 0.25) is 0 Å². The molecular weight excluding hydrogens is 215 g/mol. The Hall–Kier alpha value is -2.11. The number of anilines is 1. The fraction of sp³-hybridized carbons (Fsp3) is 0.200. The Balaban J connectivity index is 2.37. The summed E-state index contributed by atoms with van der Waals surface area (Å²) in [4.78, 5) is 23.4. The molecule has 16 heavy (non-hydrogen) atoms. The summed E-state index contributed by atoms with van der Waals surface area (Å²) in [6, 6.07) is 3.75. The number of carbonyl (C=O) groups excluding carboxylic acids is 1. The lowest BCUT2D eigenvalue weighted by atomic mass is 10.2. The molecule has 2 rings (SSSR count). The third-order valence-electron chi connectivity index (χ3n) is 2.35. The average molecular weight is 224 g/mol. The van der Waals surface area contributed by atoms with E-state index in [-0.39, 0.29) is 12.2 Å². The number of hydrogen-bond donors (Lipinski definition) is 2. The highest BCUT2D eigenvalue weighted by molar-refractivity contribution is 6.01. The summed E-state index contributed by atoms with van der Waals surface area (Å²) in [7, 11) is 0. The van der Waals surface area contributed by atoms with Crippen molar-refractivity contribution in [3.63, 3.8) is 0 Å². The first-order chi connectivity index (χ1) is 7.59. The van der Waals surface area contributed by atoms with Crippen LogP contribution in [0.5, 0.6) is 0 Å². The van der Waals surface area contributed by atoms with E-state index in [0.717, 1.165) is 11.0 Å². The minimum Gasteiger partial charge on any atom is -0.480 e. The summed E-state index contributed by atoms with van der Waals surface area (Å²) in [5.74, 6) is -1.64. The molecule has 2 amide bonds. The topological polar surface area (TPSA) is 69.6 Å². The largest absolute Gasteiger partial charge is 0.480 e. The first kappa shape index (κ1) is 10.4. The molecule has 0 aromatic heterocycles. The Labute approximate surface area is 90.5 Å². The van der Waals surface area contributed by atoms with Crippen molar-refractivity contribution in [1.82, 2.24) is 5.32 Å². The summed E-state index contributed by atoms with van der Waals surface area (Å²) in [5, 5.41) is 11.3. The van der Waals surface area contributed by atoms with Crippen molar-refractivity contribution in [3.8, 4) is 0 Å². The molecule has 1 aliphatic rings. The van der Waals surface area contributed by atoms with Crippen LogP contribution < -0.4 is 10.2 Å². The highest BCUT2D eigenvalue weighted by atomic mass is 19.1. The summed E-state index contributed by atoms with van der Waals surface area (Å²) >= 11 is 0. The van der Waals surface area contributed by atoms with Crippen molar-refractivity contribution in [2.45, 2.75) is 6.04 Å². The third kappa shape index (κ3) is 1.69. The minimum absolute atomic E-state index is 0.0185. The van der Waals surface area contributed by atoms with Crippen molar-refractivity contribution in [1.29, 1.82) is 0 Å². The Kier molecular flexibility index (Phi) is 2.47. The summed E-state index contributed by atoms with van der Waals surface area (Å²) in [6.45, 7) is 0.0185. The van der Waals surface area contributed by atoms with Gasteiger partial charge in [-0.25, -0.2) is 14.0 Å². The van der Waals surface area contributed by atoms with E-state index in [1.807, 2.05) is 0 Å². The standard InChI is InChI=1S/C10H9FN2O3/c11-6-2-1-3-7(4-6)13-8(9(14)15)5-12-10(13)16/h1-4,8H,5H2,(H,12,16)(H,14,15). The van der Waals surface area contributed by atoms with E-state index in [0.29, 0.717) is 0 Å². The van der Waals surface area contributed by atoms with Gasteiger partial charge in [-0.05, 0) is 18.2 Å². The molecule has 1 fully saturated rings. The number of rotatable bonds is 2. The smallest absolute Gasteiger partial charge is 0.328 e. The van der Waals surface area contributed by atoms with Crippen LogP contribution in [0.25, 0.3) is 0 Å². The summed E-state index contributed by atoms with van der Waals surface area (Å²) in [6.07, 6.45) is 0. The molecule has 0 saturated carbocycles. The molecule has 1 saturated heterocycles. The van der Waals surface area contributed by atoms with Crippen molar-refractivity contribution in [2.24, 2.45) is 0 Å². The number of urea groups is 1. The van der Waals surface area contributed by atoms with Crippen molar-refractivity contribution < 1.29 is 19.1 Å². The van der Waals surface area contributed by atoms with Crippen LogP contribution in [0.3, 0.4) is 0 Å². The quantitative estimate of drug-likeness (QED) is 0.780. The van der Waals surface area contributed by atoms with Crippen LogP contribution in [0.1, 0.15) is 0 Å². The van der Waals surface area contributed by atoms with Gasteiger partial charge >= 0.3 is 12.0 Å². The zero-order valence-corrected chi connectivity index (χ0v) is 8.18. The molecule has 1 unspecified atom stereocenters. The normalized spacial score (nSPS) is 19.7. The van der Waals surface area contributed by atoms with Crippen LogP contribution in [-0.4, -0.2) is 29.7 Å². The fourth-order valence-electron chi connectivity index (χ4n) is 1.62. The van der Waals surface area contributed by atoms with Gasteiger partial charge in [0, 0.05) is 5.69 Å². The Morgan fingerprint density at radius 2 is 2.31 bits per heavy atom. The molecule has 1 atom stereocenters. The molecular formula is C10H9FN2O3. The first-order valence-electron chi connectivity index (χ1n) is 4.65. The van der Waals surface area contributed by atoms with E-state index in [1.54, 1.807) is 0 Å². The van der Waals surface area contributed by atoms with E-state index in [1.165, 1.54) is 18.2 Å². The predicted octanol–water partition coefficient (Wildman–Crippen LogP) is 0.808. The van der Waals surface area contributed by atoms with Crippen LogP contribution in [-0.2, 0) is 4.79 Å². The second-order valence-electron chi connectivity index (χ2n) is 3.39. The van der Waals surface area contributed by atoms with Gasteiger partial charge in [-0.3, -0.25) is 4.90 Å². The van der Waals surface area contributed by atoms with Gasteiger partial charge in [-0.1, -0.05) is 6.07 Å². The van der Waals surface area contributed by atoms with Crippen molar-refractivity contribution in [3.05, 3.63) is 30.1 Å². The maximum atomic E-state index is 13.0. The molecule has 5 nitrogen and oxygen atoms in total. The zero-order valence-electron chi connectivity index (χ0n) is 8.18. The van der Waals surface area contributed by atoms with Gasteiger partial charge in [0.25, 0.3) is 0 Å². The summed E-state index contributed by atoms with van der Waals surface area (Å²) < 4.78 is 13.0. The molecule has 2 N–H and O–H groups in total. The van der Waals surface area contributed by atoms with Gasteiger partial charge in [-0.2, -0.15) is 0 Å². The summed E-state index contributed by atoms with van der Waals surface area (Å²) in [5.41, 5.74) is 0.238. The Morgan fingerprint density at radius 1 is 1.56 bits per heavy atom. The third-order valence-corrected chi connectivity index (χ3v) is 2.35. The number of carboxylic acids is 1. The molecule has 1 heterocycles. The number of halogens is 1. The molecule has 1 aromatic rings. The van der Waals surface area contributed by atoms with E-state index in [2.05, 4.69) is 5.32 Å². The zero-order chi connectivity index (χ0) is 11.7. The van der Waals surface area contributed by atoms with Gasteiger partial charge < -0.3 is 10.4 Å². The number of benzene rings is 1. The molecule has 1 aliphatic heterocycles. The number of carboxylic acid groups (broad SMARTS) is 1. The lowest BCUT2D eigenvalue weighted by Crippen LogP contribution is -2.39. The number of nitrogens with zero attached hydrogens (tertiary/aromatic N) is 1. The monoisotopic (exact) mass is 224 g/mol. The van der Waals surface area contributed by atoms with Crippen LogP contribution in [0.15, 0.2) is 24.3 Å². The van der Waals surface area contributed by atoms with Gasteiger partial charge in [0.05, 0.1) is 6.54 Å². The molecule has 0 spiro atoms. The Morgan fingerprint density at radius 3 is 2.94 bits per heavy atom. The van der Waals surface area contributed by atoms with E-state index in [9.17, 15) is 14.0 Å². The molecule has 6 heteroatoms. The lowest BCUT2D eigenvalue weighted by Gasteiger charge is -2.19. The van der Waals surface area contributed by atoms with Gasteiger partial charge in [0.2, 0.25) is 0 Å². The lowest BCUT2D eigenvalue weighted by molar-refractivity contribution is -0.137. The SMILES string of the molecule is O=C(O)C1CNC(=O)N1c1cccc(F)c1. The minimum atomic E-state index is -1.12. The molecule has 1 aromatic carbocycles. The number of amides is 2. The maximum Gasteiger partial charge on any atom is 0.328 e. The second kappa shape index (κ2) is 3.80. The number of aliphatic carboxylic acids is 1. The molecule has 84 valence electrons. The van der Waals surface area contributed by atoms with Gasteiger partial charge in [0.15, 0.2) is 6.04 Å². The first-order valence-corrected chi connectivity index (χ1v) is 4.65. The van der Waals surface area contributed by atoms with E-state index in [4.69, 9.17) is 5.11 Å². The van der Waals surface area contributed by atoms with Crippen LogP contribution in [0, 0.1) is 5.82 Å². The number of carbonyl (C=O) groups is 2. The Bertz CT molecular complexity index is 449. The highest BCUT2D eigenvalue weighted by Crippen LogP contribution is 2.21. The van der Waals surface area contributed by atoms with Crippen molar-refractivity contribution in [2.75, 3.05) is 11.4 Å². The van der Waals surface area contributed by atoms with E-state index < -0.39 is 23.9 Å². The fourth-order valence-corrected chi connectivity index (χ4v) is 1.62. The average Bonchev–Trinajstić information content (AvgIpc) is 2.60. The van der Waals surface area contributed by atoms with E-state index >= 15 is 0 Å². The van der Waals surface area contributed by atoms with Crippen LogP contribution in [0.4, 0.5) is 14.9 Å². The highest BCUT2D eigenvalue weighted by Gasteiger charge is 2.37. The molecule has 0 radical (unpaired) electrons. The number of nitrogens with one attached hydrogen (secondary N) is 1.